The molecule has 1 saturated carbocycles. The summed E-state index contributed by atoms with van der Waals surface area (Å²) < 4.78 is 4.93. The molecule has 0 aliphatic heterocycles. The maximum Gasteiger partial charge on any atom is 0.328 e. The van der Waals surface area contributed by atoms with E-state index in [4.69, 9.17) is 16.3 Å². The highest BCUT2D eigenvalue weighted by Gasteiger charge is 2.35. The molecule has 0 aromatic heterocycles. The predicted molar refractivity (Wildman–Crippen MR) is 94.3 cm³/mol. The first-order valence-corrected chi connectivity index (χ1v) is 8.68. The van der Waals surface area contributed by atoms with Crippen molar-refractivity contribution in [2.24, 2.45) is 0 Å². The number of nitrogens with one attached hydrogen (secondary N) is 2. The van der Waals surface area contributed by atoms with Gasteiger partial charge >= 0.3 is 5.97 Å². The first kappa shape index (κ1) is 19.7. The number of esters is 1. The SMILES string of the molecule is C[C@H](NC(=O)c1ccc(Cl)cc1)C(=O)OCC(=O)NC1(C#N)CCCC1. The van der Waals surface area contributed by atoms with Crippen LogP contribution in [0.4, 0.5) is 0 Å². The number of hydrogen-bond donors (Lipinski definition) is 2. The molecule has 0 bridgehead atoms. The van der Waals surface area contributed by atoms with E-state index in [0.717, 1.165) is 12.8 Å². The molecule has 0 saturated heterocycles. The van der Waals surface area contributed by atoms with E-state index in [1.807, 2.05) is 0 Å². The molecule has 1 atom stereocenters. The Hall–Kier alpha value is -2.59. The summed E-state index contributed by atoms with van der Waals surface area (Å²) >= 11 is 5.76. The summed E-state index contributed by atoms with van der Waals surface area (Å²) in [6.07, 6.45) is 2.94. The van der Waals surface area contributed by atoms with Crippen LogP contribution in [0.3, 0.4) is 0 Å². The van der Waals surface area contributed by atoms with Crippen LogP contribution in [-0.2, 0) is 14.3 Å². The van der Waals surface area contributed by atoms with Gasteiger partial charge in [0.2, 0.25) is 0 Å². The number of amides is 2. The molecule has 26 heavy (non-hydrogen) atoms. The molecule has 2 N–H and O–H groups in total. The predicted octanol–water partition coefficient (Wildman–Crippen LogP) is 1.95. The number of nitriles is 1. The fraction of sp³-hybridized carbons (Fsp3) is 0.444. The number of rotatable bonds is 6. The third kappa shape index (κ3) is 5.20. The van der Waals surface area contributed by atoms with Crippen molar-refractivity contribution in [3.05, 3.63) is 34.9 Å². The van der Waals surface area contributed by atoms with Gasteiger partial charge in [0.15, 0.2) is 6.61 Å². The number of halogens is 1. The van der Waals surface area contributed by atoms with Gasteiger partial charge < -0.3 is 15.4 Å². The Kier molecular flexibility index (Phi) is 6.58. The molecule has 1 fully saturated rings. The molecular weight excluding hydrogens is 358 g/mol. The van der Waals surface area contributed by atoms with Gasteiger partial charge in [0.25, 0.3) is 11.8 Å². The van der Waals surface area contributed by atoms with Crippen LogP contribution >= 0.6 is 11.6 Å². The molecule has 1 aliphatic carbocycles. The third-order valence-corrected chi connectivity index (χ3v) is 4.45. The molecule has 0 spiro atoms. The summed E-state index contributed by atoms with van der Waals surface area (Å²) in [5, 5.41) is 14.8. The maximum atomic E-state index is 12.0. The summed E-state index contributed by atoms with van der Waals surface area (Å²) in [5.74, 6) is -1.72. The third-order valence-electron chi connectivity index (χ3n) is 4.20. The Bertz CT molecular complexity index is 721. The first-order valence-electron chi connectivity index (χ1n) is 8.30. The van der Waals surface area contributed by atoms with Crippen molar-refractivity contribution in [2.75, 3.05) is 6.61 Å². The minimum absolute atomic E-state index is 0.351. The highest BCUT2D eigenvalue weighted by atomic mass is 35.5. The summed E-state index contributed by atoms with van der Waals surface area (Å²) in [4.78, 5) is 35.9. The van der Waals surface area contributed by atoms with Gasteiger partial charge in [0.05, 0.1) is 6.07 Å². The van der Waals surface area contributed by atoms with Crippen molar-refractivity contribution in [2.45, 2.75) is 44.2 Å². The van der Waals surface area contributed by atoms with Crippen LogP contribution in [0.15, 0.2) is 24.3 Å². The van der Waals surface area contributed by atoms with E-state index in [1.165, 1.54) is 19.1 Å². The average Bonchev–Trinajstić information content (AvgIpc) is 3.09. The molecule has 1 aliphatic rings. The van der Waals surface area contributed by atoms with Crippen LogP contribution < -0.4 is 10.6 Å². The monoisotopic (exact) mass is 377 g/mol. The van der Waals surface area contributed by atoms with E-state index < -0.39 is 36.0 Å². The molecule has 0 unspecified atom stereocenters. The molecule has 1 aromatic rings. The normalized spacial score (nSPS) is 16.2. The zero-order chi connectivity index (χ0) is 19.2. The van der Waals surface area contributed by atoms with Crippen molar-refractivity contribution in [1.29, 1.82) is 5.26 Å². The summed E-state index contributed by atoms with van der Waals surface area (Å²) in [5.41, 5.74) is -0.512. The molecule has 2 rings (SSSR count). The van der Waals surface area contributed by atoms with Gasteiger partial charge in [-0.2, -0.15) is 5.26 Å². The van der Waals surface area contributed by atoms with E-state index in [2.05, 4.69) is 16.7 Å². The lowest BCUT2D eigenvalue weighted by Gasteiger charge is -2.22. The van der Waals surface area contributed by atoms with Crippen molar-refractivity contribution >= 4 is 29.4 Å². The number of nitrogens with zero attached hydrogens (tertiary/aromatic N) is 1. The fourth-order valence-corrected chi connectivity index (χ4v) is 2.87. The molecule has 0 radical (unpaired) electrons. The van der Waals surface area contributed by atoms with E-state index in [1.54, 1.807) is 12.1 Å². The molecule has 7 nitrogen and oxygen atoms in total. The van der Waals surface area contributed by atoms with Crippen LogP contribution in [0.5, 0.6) is 0 Å². The highest BCUT2D eigenvalue weighted by Crippen LogP contribution is 2.28. The standard InChI is InChI=1S/C18H20ClN3O4/c1-12(21-16(24)13-4-6-14(19)7-5-13)17(25)26-10-15(23)22-18(11-20)8-2-3-9-18/h4-7,12H,2-3,8-10H2,1H3,(H,21,24)(H,22,23)/t12-/m0/s1. The van der Waals surface area contributed by atoms with Crippen molar-refractivity contribution in [3.8, 4) is 6.07 Å². The highest BCUT2D eigenvalue weighted by molar-refractivity contribution is 6.30. The number of hydrogen-bond acceptors (Lipinski definition) is 5. The Morgan fingerprint density at radius 3 is 2.46 bits per heavy atom. The second kappa shape index (κ2) is 8.68. The van der Waals surface area contributed by atoms with Crippen LogP contribution in [0.2, 0.25) is 5.02 Å². The zero-order valence-electron chi connectivity index (χ0n) is 14.4. The number of benzene rings is 1. The molecule has 1 aromatic carbocycles. The second-order valence-corrected chi connectivity index (χ2v) is 6.70. The van der Waals surface area contributed by atoms with Gasteiger partial charge in [0, 0.05) is 10.6 Å². The topological polar surface area (TPSA) is 108 Å². The van der Waals surface area contributed by atoms with E-state index >= 15 is 0 Å². The molecule has 138 valence electrons. The van der Waals surface area contributed by atoms with Crippen molar-refractivity contribution < 1.29 is 19.1 Å². The first-order chi connectivity index (χ1) is 12.3. The summed E-state index contributed by atoms with van der Waals surface area (Å²) in [6, 6.07) is 7.40. The lowest BCUT2D eigenvalue weighted by atomic mass is 10.00. The summed E-state index contributed by atoms with van der Waals surface area (Å²) in [7, 11) is 0. The summed E-state index contributed by atoms with van der Waals surface area (Å²) in [6.45, 7) is 0.964. The Balaban J connectivity index is 1.79. The van der Waals surface area contributed by atoms with Gasteiger partial charge in [-0.1, -0.05) is 11.6 Å². The minimum Gasteiger partial charge on any atom is -0.454 e. The Labute approximate surface area is 156 Å². The smallest absolute Gasteiger partial charge is 0.328 e. The maximum absolute atomic E-state index is 12.0. The lowest BCUT2D eigenvalue weighted by molar-refractivity contribution is -0.150. The number of ether oxygens (including phenoxy) is 1. The van der Waals surface area contributed by atoms with Gasteiger partial charge in [-0.05, 0) is 56.9 Å². The Morgan fingerprint density at radius 2 is 1.88 bits per heavy atom. The lowest BCUT2D eigenvalue weighted by Crippen LogP contribution is -2.47. The van der Waals surface area contributed by atoms with Crippen molar-refractivity contribution in [3.63, 3.8) is 0 Å². The minimum atomic E-state index is -0.928. The molecule has 0 heterocycles. The van der Waals surface area contributed by atoms with Crippen LogP contribution in [0.25, 0.3) is 0 Å². The Morgan fingerprint density at radius 1 is 1.27 bits per heavy atom. The van der Waals surface area contributed by atoms with Crippen molar-refractivity contribution in [1.82, 2.24) is 10.6 Å². The van der Waals surface area contributed by atoms with Crippen LogP contribution in [0.1, 0.15) is 43.0 Å². The van der Waals surface area contributed by atoms with Crippen LogP contribution in [0, 0.1) is 11.3 Å². The van der Waals surface area contributed by atoms with Crippen LogP contribution in [-0.4, -0.2) is 36.0 Å². The number of carbonyl (C=O) groups is 3. The molecule has 2 amide bonds. The van der Waals surface area contributed by atoms with Gasteiger partial charge in [-0.25, -0.2) is 4.79 Å². The quantitative estimate of drug-likeness (QED) is 0.736. The van der Waals surface area contributed by atoms with E-state index in [9.17, 15) is 19.6 Å². The van der Waals surface area contributed by atoms with Gasteiger partial charge in [-0.15, -0.1) is 0 Å². The van der Waals surface area contributed by atoms with E-state index in [0.29, 0.717) is 23.4 Å². The molecular formula is C18H20ClN3O4. The van der Waals surface area contributed by atoms with E-state index in [-0.39, 0.29) is 0 Å². The molecule has 8 heteroatoms. The largest absolute Gasteiger partial charge is 0.454 e. The average molecular weight is 378 g/mol. The zero-order valence-corrected chi connectivity index (χ0v) is 15.1. The fourth-order valence-electron chi connectivity index (χ4n) is 2.75. The van der Waals surface area contributed by atoms with Gasteiger partial charge in [-0.3, -0.25) is 9.59 Å². The number of carbonyl (C=O) groups excluding carboxylic acids is 3. The second-order valence-electron chi connectivity index (χ2n) is 6.26. The van der Waals surface area contributed by atoms with Gasteiger partial charge in [0.1, 0.15) is 11.6 Å².